The molecule has 2 aromatic rings. The zero-order valence-corrected chi connectivity index (χ0v) is 18.9. The number of aromatic nitrogens is 2. The van der Waals surface area contributed by atoms with Gasteiger partial charge >= 0.3 is 12.0 Å². The number of rotatable bonds is 8. The molecule has 2 aliphatic rings. The minimum Gasteiger partial charge on any atom is -0.491 e. The Hall–Kier alpha value is -3.42. The Morgan fingerprint density at radius 1 is 1.24 bits per heavy atom. The van der Waals surface area contributed by atoms with Crippen molar-refractivity contribution in [3.8, 4) is 5.75 Å². The maximum atomic E-state index is 14.6. The van der Waals surface area contributed by atoms with Crippen LogP contribution in [0.25, 0.3) is 0 Å². The van der Waals surface area contributed by atoms with Crippen LogP contribution in [-0.4, -0.2) is 85.6 Å². The molecule has 0 saturated carbocycles. The number of benzene rings is 1. The number of nitrogens with two attached hydrogens (primary N) is 2. The lowest BCUT2D eigenvalue weighted by atomic mass is 10.2. The molecular weight excluding hydrogens is 448 g/mol. The monoisotopic (exact) mass is 476 g/mol. The van der Waals surface area contributed by atoms with Crippen LogP contribution in [0.1, 0.15) is 5.56 Å². The second-order valence-corrected chi connectivity index (χ2v) is 7.86. The Morgan fingerprint density at radius 3 is 2.74 bits per heavy atom. The van der Waals surface area contributed by atoms with Crippen LogP contribution >= 0.6 is 0 Å². The van der Waals surface area contributed by atoms with Gasteiger partial charge in [-0.25, -0.2) is 14.4 Å². The molecule has 1 saturated heterocycles. The highest BCUT2D eigenvalue weighted by Gasteiger charge is 2.27. The zero-order valence-electron chi connectivity index (χ0n) is 18.9. The Bertz CT molecular complexity index is 1090. The lowest BCUT2D eigenvalue weighted by Crippen LogP contribution is -2.95. The van der Waals surface area contributed by atoms with Crippen LogP contribution in [0.2, 0.25) is 0 Å². The Balaban J connectivity index is 1.32. The number of hydrogen-bond donors (Lipinski definition) is 3. The number of guanidine groups is 1. The average molecular weight is 477 g/mol. The number of aliphatic imine (C=N–C) groups is 2. The first-order valence-corrected chi connectivity index (χ1v) is 10.9. The molecule has 0 radical (unpaired) electrons. The van der Waals surface area contributed by atoms with Gasteiger partial charge < -0.3 is 20.1 Å². The molecular formula is C21H28F2N9O2+. The molecule has 0 unspecified atom stereocenters. The van der Waals surface area contributed by atoms with Crippen LogP contribution in [0.3, 0.4) is 0 Å². The number of nitrogens with zero attached hydrogens (tertiary/aromatic N) is 6. The summed E-state index contributed by atoms with van der Waals surface area (Å²) in [6.07, 6.45) is 0.245. The molecule has 0 bridgehead atoms. The molecule has 0 atom stereocenters. The summed E-state index contributed by atoms with van der Waals surface area (Å²) < 4.78 is 39.7. The molecule has 13 heteroatoms. The lowest BCUT2D eigenvalue weighted by molar-refractivity contribution is -0.409. The van der Waals surface area contributed by atoms with Crippen LogP contribution in [0.15, 0.2) is 34.4 Å². The largest absolute Gasteiger partial charge is 0.491 e. The van der Waals surface area contributed by atoms with E-state index >= 15 is 0 Å². The van der Waals surface area contributed by atoms with Gasteiger partial charge in [-0.3, -0.25) is 10.3 Å². The topological polar surface area (TPSA) is 134 Å². The van der Waals surface area contributed by atoms with E-state index in [0.717, 1.165) is 13.1 Å². The molecule has 1 fully saturated rings. The summed E-state index contributed by atoms with van der Waals surface area (Å²) in [6.45, 7) is 4.98. The second kappa shape index (κ2) is 10.7. The van der Waals surface area contributed by atoms with Crippen molar-refractivity contribution < 1.29 is 23.6 Å². The summed E-state index contributed by atoms with van der Waals surface area (Å²) in [4.78, 5) is 12.1. The summed E-state index contributed by atoms with van der Waals surface area (Å²) in [7, 11) is 1.59. The third kappa shape index (κ3) is 5.55. The number of anilines is 1. The van der Waals surface area contributed by atoms with E-state index in [4.69, 9.17) is 20.6 Å². The molecule has 11 nitrogen and oxygen atoms in total. The third-order valence-corrected chi connectivity index (χ3v) is 5.64. The minimum atomic E-state index is -1.30. The fraction of sp³-hybridized carbons (Fsp3) is 0.429. The van der Waals surface area contributed by atoms with Gasteiger partial charge in [-0.05, 0) is 12.1 Å². The Morgan fingerprint density at radius 2 is 2.03 bits per heavy atom. The number of quaternary nitrogens is 1. The zero-order chi connectivity index (χ0) is 24.1. The fourth-order valence-corrected chi connectivity index (χ4v) is 3.94. The van der Waals surface area contributed by atoms with Gasteiger partial charge in [-0.2, -0.15) is 14.5 Å². The van der Waals surface area contributed by atoms with Crippen LogP contribution in [0.5, 0.6) is 5.75 Å². The molecule has 182 valence electrons. The van der Waals surface area contributed by atoms with Gasteiger partial charge in [0.25, 0.3) is 0 Å². The predicted octanol–water partition coefficient (Wildman–Crippen LogP) is 0.0437. The fourth-order valence-electron chi connectivity index (χ4n) is 3.94. The van der Waals surface area contributed by atoms with Crippen molar-refractivity contribution in [1.29, 1.82) is 5.41 Å². The number of nitrogens with one attached hydrogen (secondary N) is 1. The average Bonchev–Trinajstić information content (AvgIpc) is 3.21. The van der Waals surface area contributed by atoms with E-state index < -0.39 is 6.09 Å². The van der Waals surface area contributed by atoms with Crippen LogP contribution in [-0.2, 0) is 11.3 Å². The van der Waals surface area contributed by atoms with Crippen molar-refractivity contribution in [2.75, 3.05) is 57.9 Å². The van der Waals surface area contributed by atoms with E-state index in [1.165, 1.54) is 11.4 Å². The van der Waals surface area contributed by atoms with E-state index in [-0.39, 0.29) is 17.6 Å². The number of hydrogen-bond acceptors (Lipinski definition) is 8. The smallest absolute Gasteiger partial charge is 0.306 e. The molecule has 5 N–H and O–H groups in total. The highest BCUT2D eigenvalue weighted by Crippen LogP contribution is 2.25. The van der Waals surface area contributed by atoms with E-state index in [2.05, 4.69) is 20.0 Å². The van der Waals surface area contributed by atoms with Crippen LogP contribution in [0, 0.1) is 11.2 Å². The molecule has 1 aromatic carbocycles. The molecule has 4 rings (SSSR count). The van der Waals surface area contributed by atoms with E-state index in [9.17, 15) is 8.78 Å². The van der Waals surface area contributed by atoms with Crippen LogP contribution < -0.4 is 20.7 Å². The number of halogens is 2. The molecule has 0 amide bonds. The van der Waals surface area contributed by atoms with Crippen molar-refractivity contribution in [3.05, 3.63) is 35.8 Å². The first kappa shape index (κ1) is 23.7. The highest BCUT2D eigenvalue weighted by molar-refractivity contribution is 6.06. The van der Waals surface area contributed by atoms with Gasteiger partial charge in [-0.15, -0.1) is 4.99 Å². The number of amidine groups is 2. The van der Waals surface area contributed by atoms with Gasteiger partial charge in [0.1, 0.15) is 23.7 Å². The predicted molar refractivity (Wildman–Crippen MR) is 123 cm³/mol. The summed E-state index contributed by atoms with van der Waals surface area (Å²) in [6, 6.07) is 4.93. The minimum absolute atomic E-state index is 0.181. The molecule has 34 heavy (non-hydrogen) atoms. The standard InChI is InChI=1S/C21H27F2N9O2/c1-33-10-11-34-14-2-3-17(16(22)12-14)31-7-4-30(5-8-31)6-9-32-19-15(13-26-32)18(27-20(23)24)28-21(25)29-19/h2-3,12-13H,4-11H2,1H3,(H4,24,25,27,28,29)/p+1. The highest BCUT2D eigenvalue weighted by atomic mass is 19.1. The van der Waals surface area contributed by atoms with Gasteiger partial charge in [0.2, 0.25) is 5.84 Å². The number of piperazine rings is 1. The summed E-state index contributed by atoms with van der Waals surface area (Å²) in [5, 5.41) is 12.7. The normalized spacial score (nSPS) is 17.6. The van der Waals surface area contributed by atoms with Crippen LogP contribution in [0.4, 0.5) is 20.3 Å². The van der Waals surface area contributed by atoms with Crippen molar-refractivity contribution in [1.82, 2.24) is 14.7 Å². The first-order chi connectivity index (χ1) is 16.4. The van der Waals surface area contributed by atoms with E-state index in [1.54, 1.807) is 30.1 Å². The molecule has 1 aromatic heterocycles. The van der Waals surface area contributed by atoms with Gasteiger partial charge in [0.15, 0.2) is 5.82 Å². The van der Waals surface area contributed by atoms with Crippen molar-refractivity contribution in [2.24, 2.45) is 15.7 Å². The van der Waals surface area contributed by atoms with Gasteiger partial charge in [0, 0.05) is 45.9 Å². The van der Waals surface area contributed by atoms with Gasteiger partial charge in [0.05, 0.1) is 25.0 Å². The first-order valence-electron chi connectivity index (χ1n) is 10.9. The summed E-state index contributed by atoms with van der Waals surface area (Å²) in [5.41, 5.74) is 6.92. The number of fused-ring (bicyclic) bond motifs is 1. The van der Waals surface area contributed by atoms with Crippen molar-refractivity contribution >= 4 is 29.4 Å². The molecule has 0 aliphatic carbocycles. The lowest BCUT2D eigenvalue weighted by Gasteiger charge is -2.36. The van der Waals surface area contributed by atoms with Crippen molar-refractivity contribution in [2.45, 2.75) is 6.54 Å². The molecule has 0 spiro atoms. The van der Waals surface area contributed by atoms with Crippen molar-refractivity contribution in [3.63, 3.8) is 0 Å². The summed E-state index contributed by atoms with van der Waals surface area (Å²) >= 11 is 0. The second-order valence-electron chi connectivity index (χ2n) is 7.86. The quantitative estimate of drug-likeness (QED) is 0.213. The van der Waals surface area contributed by atoms with E-state index in [0.29, 0.717) is 62.2 Å². The maximum absolute atomic E-state index is 14.6. The Kier molecular flexibility index (Phi) is 7.45. The summed E-state index contributed by atoms with van der Waals surface area (Å²) in [5.74, 6) is 1.08. The Labute approximate surface area is 195 Å². The number of methoxy groups -OCH3 is 1. The SMILES string of the molecule is COCCOc1ccc(N2CCN(CCn3ncc4c3N=C(N)[NH2+]/C4=N\C(=N)F)CC2)c(F)c1. The molecule has 2 aliphatic heterocycles. The maximum Gasteiger partial charge on any atom is 0.306 e. The molecule has 3 heterocycles. The van der Waals surface area contributed by atoms with E-state index in [1.807, 2.05) is 4.90 Å². The number of ether oxygens (including phenoxy) is 2. The van der Waals surface area contributed by atoms with Gasteiger partial charge in [-0.1, -0.05) is 0 Å². The third-order valence-electron chi connectivity index (χ3n) is 5.64.